The zero-order valence-corrected chi connectivity index (χ0v) is 17.0. The van der Waals surface area contributed by atoms with Gasteiger partial charge in [-0.1, -0.05) is 30.3 Å². The number of furan rings is 1. The number of hydrogen-bond donors (Lipinski definition) is 2. The standard InChI is InChI=1S/C24H23NO5/c1-14-11-19-22(23-21(14)18(13-29-23)16-7-4-3-5-8-16)15(2)17(24(28)30-19)12-20(27)25-9-6-10-26/h3-5,7-8,11,13,26H,6,9-10,12H2,1-2H3,(H,25,27). The van der Waals surface area contributed by atoms with Crippen molar-refractivity contribution in [3.8, 4) is 11.1 Å². The smallest absolute Gasteiger partial charge is 0.340 e. The number of benzene rings is 2. The van der Waals surface area contributed by atoms with Crippen LogP contribution in [0.5, 0.6) is 0 Å². The van der Waals surface area contributed by atoms with E-state index in [1.165, 1.54) is 0 Å². The van der Waals surface area contributed by atoms with E-state index in [9.17, 15) is 9.59 Å². The molecule has 0 saturated carbocycles. The minimum Gasteiger partial charge on any atom is -0.463 e. The first kappa shape index (κ1) is 19.9. The van der Waals surface area contributed by atoms with Gasteiger partial charge in [0.1, 0.15) is 11.2 Å². The van der Waals surface area contributed by atoms with Crippen LogP contribution in [0, 0.1) is 13.8 Å². The number of aliphatic hydroxyl groups is 1. The maximum Gasteiger partial charge on any atom is 0.340 e. The molecule has 0 saturated heterocycles. The maximum atomic E-state index is 12.6. The van der Waals surface area contributed by atoms with Crippen LogP contribution in [0.1, 0.15) is 23.1 Å². The van der Waals surface area contributed by atoms with Crippen molar-refractivity contribution in [3.05, 3.63) is 69.8 Å². The predicted octanol–water partition coefficient (Wildman–Crippen LogP) is 3.86. The van der Waals surface area contributed by atoms with Crippen molar-refractivity contribution in [1.82, 2.24) is 5.32 Å². The Hall–Kier alpha value is -3.38. The minimum absolute atomic E-state index is 0.00298. The van der Waals surface area contributed by atoms with Crippen LogP contribution >= 0.6 is 0 Å². The summed E-state index contributed by atoms with van der Waals surface area (Å²) in [6, 6.07) is 11.8. The van der Waals surface area contributed by atoms with Crippen LogP contribution in [0.15, 0.2) is 56.3 Å². The molecule has 0 atom stereocenters. The summed E-state index contributed by atoms with van der Waals surface area (Å²) in [5, 5.41) is 13.2. The van der Waals surface area contributed by atoms with Crippen molar-refractivity contribution in [1.29, 1.82) is 0 Å². The molecule has 0 radical (unpaired) electrons. The average Bonchev–Trinajstić information content (AvgIpc) is 3.17. The molecule has 2 aromatic heterocycles. The van der Waals surface area contributed by atoms with E-state index in [0.29, 0.717) is 40.6 Å². The molecule has 0 spiro atoms. The molecule has 4 rings (SSSR count). The van der Waals surface area contributed by atoms with Gasteiger partial charge in [-0.25, -0.2) is 4.79 Å². The van der Waals surface area contributed by atoms with Gasteiger partial charge >= 0.3 is 5.63 Å². The second kappa shape index (κ2) is 8.16. The molecule has 6 nitrogen and oxygen atoms in total. The number of amides is 1. The van der Waals surface area contributed by atoms with Gasteiger partial charge in [-0.15, -0.1) is 0 Å². The van der Waals surface area contributed by atoms with E-state index in [2.05, 4.69) is 5.32 Å². The third-order valence-electron chi connectivity index (χ3n) is 5.36. The largest absolute Gasteiger partial charge is 0.463 e. The first-order chi connectivity index (χ1) is 14.5. The summed E-state index contributed by atoms with van der Waals surface area (Å²) >= 11 is 0. The summed E-state index contributed by atoms with van der Waals surface area (Å²) in [4.78, 5) is 24.8. The number of aliphatic hydroxyl groups excluding tert-OH is 1. The Kier molecular flexibility index (Phi) is 5.42. The Morgan fingerprint density at radius 2 is 1.90 bits per heavy atom. The third kappa shape index (κ3) is 3.50. The lowest BCUT2D eigenvalue weighted by molar-refractivity contribution is -0.120. The summed E-state index contributed by atoms with van der Waals surface area (Å²) in [7, 11) is 0. The van der Waals surface area contributed by atoms with Crippen LogP contribution in [0.2, 0.25) is 0 Å². The monoisotopic (exact) mass is 405 g/mol. The Morgan fingerprint density at radius 1 is 1.13 bits per heavy atom. The quantitative estimate of drug-likeness (QED) is 0.375. The van der Waals surface area contributed by atoms with E-state index in [4.69, 9.17) is 13.9 Å². The second-order valence-electron chi connectivity index (χ2n) is 7.38. The number of nitrogens with one attached hydrogen (secondary N) is 1. The molecular weight excluding hydrogens is 382 g/mol. The Labute approximate surface area is 173 Å². The van der Waals surface area contributed by atoms with Gasteiger partial charge < -0.3 is 19.3 Å². The van der Waals surface area contributed by atoms with Crippen molar-refractivity contribution in [3.63, 3.8) is 0 Å². The van der Waals surface area contributed by atoms with Crippen LogP contribution in [-0.2, 0) is 11.2 Å². The number of aryl methyl sites for hydroxylation is 2. The Balaban J connectivity index is 1.86. The van der Waals surface area contributed by atoms with E-state index in [1.807, 2.05) is 50.2 Å². The fourth-order valence-electron chi connectivity index (χ4n) is 3.85. The second-order valence-corrected chi connectivity index (χ2v) is 7.38. The van der Waals surface area contributed by atoms with Crippen LogP contribution in [0.3, 0.4) is 0 Å². The van der Waals surface area contributed by atoms with Crippen molar-refractivity contribution in [2.45, 2.75) is 26.7 Å². The average molecular weight is 405 g/mol. The van der Waals surface area contributed by atoms with E-state index < -0.39 is 5.63 Å². The van der Waals surface area contributed by atoms with Crippen molar-refractivity contribution in [2.24, 2.45) is 0 Å². The number of fused-ring (bicyclic) bond motifs is 3. The first-order valence-electron chi connectivity index (χ1n) is 9.91. The molecule has 4 aromatic rings. The van der Waals surface area contributed by atoms with Gasteiger partial charge in [0, 0.05) is 24.1 Å². The summed E-state index contributed by atoms with van der Waals surface area (Å²) in [5.74, 6) is -0.286. The summed E-state index contributed by atoms with van der Waals surface area (Å²) < 4.78 is 11.5. The topological polar surface area (TPSA) is 92.7 Å². The first-order valence-corrected chi connectivity index (χ1v) is 9.91. The molecule has 2 N–H and O–H groups in total. The Morgan fingerprint density at radius 3 is 2.63 bits per heavy atom. The lowest BCUT2D eigenvalue weighted by Crippen LogP contribution is -2.29. The number of rotatable bonds is 6. The highest BCUT2D eigenvalue weighted by atomic mass is 16.4. The van der Waals surface area contributed by atoms with Gasteiger partial charge in [-0.2, -0.15) is 0 Å². The van der Waals surface area contributed by atoms with Crippen molar-refractivity contribution >= 4 is 27.8 Å². The molecule has 1 amide bonds. The molecular formula is C24H23NO5. The van der Waals surface area contributed by atoms with E-state index in [1.54, 1.807) is 6.26 Å². The van der Waals surface area contributed by atoms with Crippen molar-refractivity contribution < 1.29 is 18.7 Å². The molecule has 0 unspecified atom stereocenters. The van der Waals surface area contributed by atoms with Gasteiger partial charge in [0.05, 0.1) is 23.6 Å². The van der Waals surface area contributed by atoms with Crippen molar-refractivity contribution in [2.75, 3.05) is 13.2 Å². The lowest BCUT2D eigenvalue weighted by atomic mass is 9.96. The highest BCUT2D eigenvalue weighted by molar-refractivity contribution is 6.11. The fourth-order valence-corrected chi connectivity index (χ4v) is 3.85. The highest BCUT2D eigenvalue weighted by Crippen LogP contribution is 2.38. The fraction of sp³-hybridized carbons (Fsp3) is 0.250. The molecule has 30 heavy (non-hydrogen) atoms. The van der Waals surface area contributed by atoms with Crippen LogP contribution in [0.25, 0.3) is 33.1 Å². The van der Waals surface area contributed by atoms with Crippen LogP contribution in [-0.4, -0.2) is 24.2 Å². The van der Waals surface area contributed by atoms with E-state index in [0.717, 1.165) is 22.1 Å². The molecule has 2 aromatic carbocycles. The molecule has 6 heteroatoms. The molecule has 0 bridgehead atoms. The predicted molar refractivity (Wildman–Crippen MR) is 116 cm³/mol. The minimum atomic E-state index is -0.522. The summed E-state index contributed by atoms with van der Waals surface area (Å²) in [6.07, 6.45) is 2.10. The molecule has 2 heterocycles. The Bertz CT molecular complexity index is 1280. The van der Waals surface area contributed by atoms with Gasteiger partial charge in [0.25, 0.3) is 0 Å². The van der Waals surface area contributed by atoms with Gasteiger partial charge in [-0.3, -0.25) is 4.79 Å². The number of hydrogen-bond acceptors (Lipinski definition) is 5. The molecule has 0 fully saturated rings. The SMILES string of the molecule is Cc1cc2oc(=O)c(CC(=O)NCCCO)c(C)c2c2occ(-c3ccccc3)c12. The highest BCUT2D eigenvalue weighted by Gasteiger charge is 2.21. The number of carbonyl (C=O) groups is 1. The van der Waals surface area contributed by atoms with Gasteiger partial charge in [0.2, 0.25) is 5.91 Å². The number of carbonyl (C=O) groups excluding carboxylic acids is 1. The zero-order chi connectivity index (χ0) is 21.3. The molecule has 0 aliphatic heterocycles. The molecule has 154 valence electrons. The molecule has 0 aliphatic rings. The lowest BCUT2D eigenvalue weighted by Gasteiger charge is -2.10. The van der Waals surface area contributed by atoms with E-state index in [-0.39, 0.29) is 18.9 Å². The normalized spacial score (nSPS) is 11.3. The van der Waals surface area contributed by atoms with E-state index >= 15 is 0 Å². The zero-order valence-electron chi connectivity index (χ0n) is 17.0. The maximum absolute atomic E-state index is 12.6. The van der Waals surface area contributed by atoms with Gasteiger partial charge in [-0.05, 0) is 43.0 Å². The third-order valence-corrected chi connectivity index (χ3v) is 5.36. The molecule has 0 aliphatic carbocycles. The van der Waals surface area contributed by atoms with Crippen LogP contribution < -0.4 is 10.9 Å². The van der Waals surface area contributed by atoms with Crippen LogP contribution in [0.4, 0.5) is 0 Å². The summed E-state index contributed by atoms with van der Waals surface area (Å²) in [6.45, 7) is 4.13. The summed E-state index contributed by atoms with van der Waals surface area (Å²) in [5.41, 5.74) is 4.52. The van der Waals surface area contributed by atoms with Gasteiger partial charge in [0.15, 0.2) is 0 Å².